The molecule has 0 fully saturated rings. The van der Waals surface area contributed by atoms with Crippen LogP contribution in [-0.2, 0) is 0 Å². The van der Waals surface area contributed by atoms with Crippen LogP contribution in [0.2, 0.25) is 0 Å². The van der Waals surface area contributed by atoms with Gasteiger partial charge in [-0.15, -0.1) is 17.8 Å². The molecule has 0 unspecified atom stereocenters. The van der Waals surface area contributed by atoms with E-state index in [9.17, 15) is 4.39 Å². The van der Waals surface area contributed by atoms with Crippen molar-refractivity contribution < 1.29 is 4.39 Å². The van der Waals surface area contributed by atoms with Crippen molar-refractivity contribution in [2.75, 3.05) is 5.73 Å². The average Bonchev–Trinajstić information content (AvgIpc) is 2.82. The van der Waals surface area contributed by atoms with Crippen molar-refractivity contribution in [3.8, 4) is 22.9 Å². The second-order valence-electron chi connectivity index (χ2n) is 4.08. The van der Waals surface area contributed by atoms with E-state index in [1.807, 2.05) is 12.1 Å². The van der Waals surface area contributed by atoms with Crippen molar-refractivity contribution in [2.45, 2.75) is 0 Å². The zero-order chi connectivity index (χ0) is 13.4. The van der Waals surface area contributed by atoms with E-state index in [0.717, 1.165) is 20.8 Å². The number of rotatable bonds is 1. The van der Waals surface area contributed by atoms with Crippen molar-refractivity contribution in [3.05, 3.63) is 47.8 Å². The Morgan fingerprint density at radius 2 is 2.05 bits per heavy atom. The van der Waals surface area contributed by atoms with Gasteiger partial charge in [-0.25, -0.2) is 9.37 Å². The molecular formula is C15H9FN2S. The molecule has 0 bridgehead atoms. The van der Waals surface area contributed by atoms with Gasteiger partial charge in [0.05, 0.1) is 10.2 Å². The van der Waals surface area contributed by atoms with E-state index in [-0.39, 0.29) is 5.82 Å². The van der Waals surface area contributed by atoms with Gasteiger partial charge < -0.3 is 5.73 Å². The second kappa shape index (κ2) is 4.38. The average molecular weight is 268 g/mol. The predicted octanol–water partition coefficient (Wildman–Crippen LogP) is 3.67. The number of nitrogen functional groups attached to an aromatic ring is 1. The first-order valence-electron chi connectivity index (χ1n) is 5.60. The summed E-state index contributed by atoms with van der Waals surface area (Å²) in [6.45, 7) is 0. The molecule has 2 N–H and O–H groups in total. The first-order valence-corrected chi connectivity index (χ1v) is 6.41. The van der Waals surface area contributed by atoms with E-state index in [1.165, 1.54) is 23.5 Å². The summed E-state index contributed by atoms with van der Waals surface area (Å²) in [5, 5.41) is 0.803. The van der Waals surface area contributed by atoms with Gasteiger partial charge in [0.2, 0.25) is 0 Å². The number of terminal acetylenes is 1. The van der Waals surface area contributed by atoms with Gasteiger partial charge >= 0.3 is 0 Å². The van der Waals surface area contributed by atoms with Crippen LogP contribution in [0.4, 0.5) is 10.1 Å². The van der Waals surface area contributed by atoms with E-state index in [2.05, 4.69) is 10.9 Å². The van der Waals surface area contributed by atoms with Crippen LogP contribution >= 0.6 is 11.3 Å². The number of hydrogen-bond donors (Lipinski definition) is 1. The molecule has 3 rings (SSSR count). The molecule has 0 aliphatic carbocycles. The van der Waals surface area contributed by atoms with Crippen LogP contribution in [0.25, 0.3) is 20.8 Å². The molecule has 0 aliphatic heterocycles. The number of halogens is 1. The lowest BCUT2D eigenvalue weighted by atomic mass is 10.1. The summed E-state index contributed by atoms with van der Waals surface area (Å²) < 4.78 is 14.0. The molecule has 4 heteroatoms. The fourth-order valence-corrected chi connectivity index (χ4v) is 2.82. The third kappa shape index (κ3) is 2.05. The van der Waals surface area contributed by atoms with Gasteiger partial charge in [0.1, 0.15) is 10.8 Å². The Hall–Kier alpha value is -2.38. The van der Waals surface area contributed by atoms with E-state index in [4.69, 9.17) is 12.2 Å². The van der Waals surface area contributed by atoms with Crippen LogP contribution < -0.4 is 5.73 Å². The molecule has 2 aromatic carbocycles. The van der Waals surface area contributed by atoms with E-state index in [1.54, 1.807) is 12.1 Å². The molecule has 1 heterocycles. The summed E-state index contributed by atoms with van der Waals surface area (Å²) in [5.41, 5.74) is 8.64. The lowest BCUT2D eigenvalue weighted by molar-refractivity contribution is 0.630. The maximum atomic E-state index is 13.2. The minimum absolute atomic E-state index is 0.260. The maximum Gasteiger partial charge on any atom is 0.124 e. The lowest BCUT2D eigenvalue weighted by Gasteiger charge is -2.00. The standard InChI is InChI=1S/C15H9FN2S/c1-2-9-7-10(3-5-12(9)17)15-18-13-6-4-11(16)8-14(13)19-15/h1,3-8H,17H2. The van der Waals surface area contributed by atoms with Crippen LogP contribution in [0.3, 0.4) is 0 Å². The molecule has 1 aromatic heterocycles. The number of thiazole rings is 1. The summed E-state index contributed by atoms with van der Waals surface area (Å²) >= 11 is 1.43. The minimum atomic E-state index is -0.260. The monoisotopic (exact) mass is 268 g/mol. The smallest absolute Gasteiger partial charge is 0.124 e. The quantitative estimate of drug-likeness (QED) is 0.540. The highest BCUT2D eigenvalue weighted by molar-refractivity contribution is 7.21. The van der Waals surface area contributed by atoms with Gasteiger partial charge in [0.25, 0.3) is 0 Å². The van der Waals surface area contributed by atoms with Gasteiger partial charge in [-0.2, -0.15) is 0 Å². The topological polar surface area (TPSA) is 38.9 Å². The molecule has 19 heavy (non-hydrogen) atoms. The van der Waals surface area contributed by atoms with Crippen molar-refractivity contribution in [3.63, 3.8) is 0 Å². The fourth-order valence-electron chi connectivity index (χ4n) is 1.84. The molecule has 92 valence electrons. The number of aromatic nitrogens is 1. The first-order chi connectivity index (χ1) is 9.17. The van der Waals surface area contributed by atoms with Crippen molar-refractivity contribution in [1.82, 2.24) is 4.98 Å². The van der Waals surface area contributed by atoms with Crippen LogP contribution in [0.5, 0.6) is 0 Å². The summed E-state index contributed by atoms with van der Waals surface area (Å²) in [4.78, 5) is 4.47. The Bertz CT molecular complexity index is 815. The number of hydrogen-bond acceptors (Lipinski definition) is 3. The number of anilines is 1. The van der Waals surface area contributed by atoms with E-state index < -0.39 is 0 Å². The molecule has 0 atom stereocenters. The van der Waals surface area contributed by atoms with Crippen molar-refractivity contribution >= 4 is 27.2 Å². The highest BCUT2D eigenvalue weighted by Crippen LogP contribution is 2.31. The van der Waals surface area contributed by atoms with Gasteiger partial charge in [-0.1, -0.05) is 5.92 Å². The fraction of sp³-hybridized carbons (Fsp3) is 0. The van der Waals surface area contributed by atoms with Gasteiger partial charge in [-0.05, 0) is 36.4 Å². The van der Waals surface area contributed by atoms with Crippen LogP contribution in [-0.4, -0.2) is 4.98 Å². The van der Waals surface area contributed by atoms with Crippen LogP contribution in [0.1, 0.15) is 5.56 Å². The molecule has 3 aromatic rings. The largest absolute Gasteiger partial charge is 0.398 e. The molecular weight excluding hydrogens is 259 g/mol. The minimum Gasteiger partial charge on any atom is -0.398 e. The zero-order valence-electron chi connectivity index (χ0n) is 9.85. The number of nitrogens with zero attached hydrogens (tertiary/aromatic N) is 1. The summed E-state index contributed by atoms with van der Waals surface area (Å²) in [6, 6.07) is 10.0. The Balaban J connectivity index is 2.16. The van der Waals surface area contributed by atoms with Gasteiger partial charge in [-0.3, -0.25) is 0 Å². The summed E-state index contributed by atoms with van der Waals surface area (Å²) in [5.74, 6) is 2.28. The van der Waals surface area contributed by atoms with Crippen molar-refractivity contribution in [1.29, 1.82) is 0 Å². The zero-order valence-corrected chi connectivity index (χ0v) is 10.7. The highest BCUT2D eigenvalue weighted by atomic mass is 32.1. The summed E-state index contributed by atoms with van der Waals surface area (Å²) in [7, 11) is 0. The molecule has 0 amide bonds. The SMILES string of the molecule is C#Cc1cc(-c2nc3ccc(F)cc3s2)ccc1N. The Morgan fingerprint density at radius 1 is 1.21 bits per heavy atom. The Labute approximate surface area is 113 Å². The highest BCUT2D eigenvalue weighted by Gasteiger charge is 2.08. The number of benzene rings is 2. The number of nitrogens with two attached hydrogens (primary N) is 1. The molecule has 0 aliphatic rings. The van der Waals surface area contributed by atoms with Crippen molar-refractivity contribution in [2.24, 2.45) is 0 Å². The molecule has 2 nitrogen and oxygen atoms in total. The lowest BCUT2D eigenvalue weighted by Crippen LogP contribution is -1.90. The second-order valence-corrected chi connectivity index (χ2v) is 5.11. The van der Waals surface area contributed by atoms with Gasteiger partial charge in [0.15, 0.2) is 0 Å². The molecule has 0 spiro atoms. The Kier molecular flexibility index (Phi) is 2.69. The van der Waals surface area contributed by atoms with Crippen LogP contribution in [0.15, 0.2) is 36.4 Å². The first kappa shape index (κ1) is 11.7. The number of fused-ring (bicyclic) bond motifs is 1. The van der Waals surface area contributed by atoms with E-state index in [0.29, 0.717) is 11.3 Å². The van der Waals surface area contributed by atoms with Gasteiger partial charge in [0, 0.05) is 16.8 Å². The molecule has 0 saturated heterocycles. The Morgan fingerprint density at radius 3 is 2.84 bits per heavy atom. The third-order valence-corrected chi connectivity index (χ3v) is 3.87. The molecule has 0 saturated carbocycles. The maximum absolute atomic E-state index is 13.2. The third-order valence-electron chi connectivity index (χ3n) is 2.81. The van der Waals surface area contributed by atoms with Crippen LogP contribution in [0, 0.1) is 18.2 Å². The molecule has 0 radical (unpaired) electrons. The van der Waals surface area contributed by atoms with E-state index >= 15 is 0 Å². The predicted molar refractivity (Wildman–Crippen MR) is 77.4 cm³/mol. The summed E-state index contributed by atoms with van der Waals surface area (Å²) in [6.07, 6.45) is 5.40. The normalized spacial score (nSPS) is 10.5.